The second kappa shape index (κ2) is 7.76. The molecule has 2 aromatic rings. The molecule has 0 unspecified atom stereocenters. The highest BCUT2D eigenvalue weighted by molar-refractivity contribution is 8.04. The average molecular weight is 369 g/mol. The topological polar surface area (TPSA) is 66.8 Å². The van der Waals surface area contributed by atoms with E-state index in [0.717, 1.165) is 5.56 Å². The lowest BCUT2D eigenvalue weighted by Gasteiger charge is -2.17. The lowest BCUT2D eigenvalue weighted by atomic mass is 10.0. The number of methoxy groups -OCH3 is 1. The highest BCUT2D eigenvalue weighted by Gasteiger charge is 2.41. The summed E-state index contributed by atoms with van der Waals surface area (Å²) in [4.78, 5) is 27.8. The normalized spacial score (nSPS) is 14.3. The first-order valence-corrected chi connectivity index (χ1v) is 9.14. The Bertz CT molecular complexity index is 891. The van der Waals surface area contributed by atoms with E-state index >= 15 is 0 Å². The molecule has 134 valence electrons. The number of para-hydroxylation sites is 2. The molecule has 2 amide bonds. The van der Waals surface area contributed by atoms with E-state index in [1.165, 1.54) is 23.8 Å². The van der Waals surface area contributed by atoms with Gasteiger partial charge in [0, 0.05) is 11.3 Å². The van der Waals surface area contributed by atoms with Gasteiger partial charge in [-0.05, 0) is 24.6 Å². The Kier molecular flexibility index (Phi) is 5.44. The lowest BCUT2D eigenvalue weighted by Crippen LogP contribution is -2.32. The van der Waals surface area contributed by atoms with E-state index in [0.29, 0.717) is 33.2 Å². The summed E-state index contributed by atoms with van der Waals surface area (Å²) in [6.07, 6.45) is 0. The molecule has 0 atom stereocenters. The fourth-order valence-electron chi connectivity index (χ4n) is 2.91. The van der Waals surface area contributed by atoms with E-state index in [9.17, 15) is 14.7 Å². The number of anilines is 1. The molecule has 0 aromatic heterocycles. The van der Waals surface area contributed by atoms with Crippen LogP contribution in [0, 0.1) is 6.92 Å². The van der Waals surface area contributed by atoms with Crippen molar-refractivity contribution in [3.05, 3.63) is 64.6 Å². The van der Waals surface area contributed by atoms with Crippen LogP contribution < -0.4 is 9.64 Å². The number of aliphatic hydroxyl groups excluding tert-OH is 1. The SMILES string of the molecule is COc1ccccc1C1=C(SCCO)C(=O)N(c2ccccc2C)C1=O. The number of nitrogens with zero attached hydrogens (tertiary/aromatic N) is 1. The maximum absolute atomic E-state index is 13.2. The van der Waals surface area contributed by atoms with E-state index in [1.54, 1.807) is 30.3 Å². The van der Waals surface area contributed by atoms with Crippen molar-refractivity contribution in [1.29, 1.82) is 0 Å². The van der Waals surface area contributed by atoms with Crippen molar-refractivity contribution >= 4 is 34.8 Å². The number of carbonyl (C=O) groups is 2. The molecule has 0 saturated carbocycles. The lowest BCUT2D eigenvalue weighted by molar-refractivity contribution is -0.119. The molecule has 3 rings (SSSR count). The third kappa shape index (κ3) is 3.13. The van der Waals surface area contributed by atoms with Gasteiger partial charge in [0.25, 0.3) is 11.8 Å². The minimum absolute atomic E-state index is 0.0841. The molecule has 1 aliphatic rings. The molecule has 0 spiro atoms. The number of rotatable bonds is 6. The van der Waals surface area contributed by atoms with Crippen LogP contribution in [0.2, 0.25) is 0 Å². The van der Waals surface area contributed by atoms with E-state index in [4.69, 9.17) is 4.74 Å². The fraction of sp³-hybridized carbons (Fsp3) is 0.200. The van der Waals surface area contributed by atoms with Crippen LogP contribution in [0.1, 0.15) is 11.1 Å². The number of aliphatic hydroxyl groups is 1. The van der Waals surface area contributed by atoms with Gasteiger partial charge in [0.1, 0.15) is 5.75 Å². The average Bonchev–Trinajstić information content (AvgIpc) is 2.90. The molecule has 1 N–H and O–H groups in total. The zero-order valence-corrected chi connectivity index (χ0v) is 15.4. The Morgan fingerprint density at radius 1 is 1.04 bits per heavy atom. The molecule has 0 fully saturated rings. The van der Waals surface area contributed by atoms with Gasteiger partial charge in [-0.2, -0.15) is 0 Å². The Labute approximate surface area is 156 Å². The first kappa shape index (κ1) is 18.2. The maximum Gasteiger partial charge on any atom is 0.272 e. The Morgan fingerprint density at radius 2 is 1.73 bits per heavy atom. The van der Waals surface area contributed by atoms with Gasteiger partial charge in [0.2, 0.25) is 0 Å². The van der Waals surface area contributed by atoms with Gasteiger partial charge < -0.3 is 9.84 Å². The van der Waals surface area contributed by atoms with Gasteiger partial charge in [0.15, 0.2) is 0 Å². The Hall–Kier alpha value is -2.57. The van der Waals surface area contributed by atoms with Crippen LogP contribution in [0.3, 0.4) is 0 Å². The highest BCUT2D eigenvalue weighted by Crippen LogP contribution is 2.41. The van der Waals surface area contributed by atoms with Crippen molar-refractivity contribution in [3.8, 4) is 5.75 Å². The van der Waals surface area contributed by atoms with E-state index in [2.05, 4.69) is 0 Å². The zero-order chi connectivity index (χ0) is 18.7. The summed E-state index contributed by atoms with van der Waals surface area (Å²) >= 11 is 1.18. The quantitative estimate of drug-likeness (QED) is 0.793. The molecule has 0 radical (unpaired) electrons. The molecule has 0 bridgehead atoms. The molecular weight excluding hydrogens is 350 g/mol. The smallest absolute Gasteiger partial charge is 0.272 e. The van der Waals surface area contributed by atoms with Gasteiger partial charge in [-0.3, -0.25) is 9.59 Å². The second-order valence-corrected chi connectivity index (χ2v) is 6.81. The summed E-state index contributed by atoms with van der Waals surface area (Å²) in [7, 11) is 1.53. The van der Waals surface area contributed by atoms with Crippen molar-refractivity contribution in [3.63, 3.8) is 0 Å². The van der Waals surface area contributed by atoms with Crippen LogP contribution in [0.4, 0.5) is 5.69 Å². The number of benzene rings is 2. The molecule has 26 heavy (non-hydrogen) atoms. The molecule has 0 aliphatic carbocycles. The van der Waals surface area contributed by atoms with Crippen LogP contribution in [-0.2, 0) is 9.59 Å². The number of aryl methyl sites for hydroxylation is 1. The highest BCUT2D eigenvalue weighted by atomic mass is 32.2. The number of thioether (sulfide) groups is 1. The van der Waals surface area contributed by atoms with Crippen molar-refractivity contribution in [2.75, 3.05) is 24.4 Å². The van der Waals surface area contributed by atoms with Gasteiger partial charge in [-0.25, -0.2) is 4.90 Å². The molecule has 1 heterocycles. The molecule has 1 aliphatic heterocycles. The van der Waals surface area contributed by atoms with Crippen LogP contribution in [0.25, 0.3) is 5.57 Å². The van der Waals surface area contributed by atoms with Crippen molar-refractivity contribution in [2.24, 2.45) is 0 Å². The molecular formula is C20H19NO4S. The first-order valence-electron chi connectivity index (χ1n) is 8.16. The number of ether oxygens (including phenoxy) is 1. The second-order valence-electron chi connectivity index (χ2n) is 5.71. The van der Waals surface area contributed by atoms with Crippen LogP contribution in [0.15, 0.2) is 53.4 Å². The fourth-order valence-corrected chi connectivity index (χ4v) is 3.76. The first-order chi connectivity index (χ1) is 12.6. The molecule has 5 nitrogen and oxygen atoms in total. The number of amides is 2. The third-order valence-corrected chi connectivity index (χ3v) is 5.17. The number of imide groups is 1. The predicted molar refractivity (Wildman–Crippen MR) is 103 cm³/mol. The summed E-state index contributed by atoms with van der Waals surface area (Å²) < 4.78 is 5.38. The number of carbonyl (C=O) groups excluding carboxylic acids is 2. The van der Waals surface area contributed by atoms with E-state index in [1.807, 2.05) is 25.1 Å². The third-order valence-electron chi connectivity index (χ3n) is 4.11. The van der Waals surface area contributed by atoms with Crippen molar-refractivity contribution in [1.82, 2.24) is 0 Å². The standard InChI is InChI=1S/C20H19NO4S/c1-13-7-3-5-9-15(13)21-19(23)17(18(20(21)24)26-12-11-22)14-8-4-6-10-16(14)25-2/h3-10,22H,11-12H2,1-2H3. The van der Waals surface area contributed by atoms with Gasteiger partial charge in [-0.15, -0.1) is 11.8 Å². The summed E-state index contributed by atoms with van der Waals surface area (Å²) in [5, 5.41) is 9.19. The number of hydrogen-bond donors (Lipinski definition) is 1. The zero-order valence-electron chi connectivity index (χ0n) is 14.6. The minimum atomic E-state index is -0.380. The predicted octanol–water partition coefficient (Wildman–Crippen LogP) is 3.01. The van der Waals surface area contributed by atoms with Crippen LogP contribution in [0.5, 0.6) is 5.75 Å². The van der Waals surface area contributed by atoms with E-state index in [-0.39, 0.29) is 18.4 Å². The molecule has 6 heteroatoms. The van der Waals surface area contributed by atoms with Gasteiger partial charge in [0.05, 0.1) is 29.9 Å². The summed E-state index contributed by atoms with van der Waals surface area (Å²) in [5.74, 6) is 0.101. The number of hydrogen-bond acceptors (Lipinski definition) is 5. The van der Waals surface area contributed by atoms with Crippen LogP contribution in [-0.4, -0.2) is 36.4 Å². The Balaban J connectivity index is 2.15. The monoisotopic (exact) mass is 369 g/mol. The summed E-state index contributed by atoms with van der Waals surface area (Å²) in [6.45, 7) is 1.77. The van der Waals surface area contributed by atoms with E-state index < -0.39 is 0 Å². The van der Waals surface area contributed by atoms with Gasteiger partial charge in [-0.1, -0.05) is 36.4 Å². The van der Waals surface area contributed by atoms with Crippen LogP contribution >= 0.6 is 11.8 Å². The minimum Gasteiger partial charge on any atom is -0.496 e. The largest absolute Gasteiger partial charge is 0.496 e. The summed E-state index contributed by atoms with van der Waals surface area (Å²) in [5.41, 5.74) is 2.29. The molecule has 2 aromatic carbocycles. The van der Waals surface area contributed by atoms with Crippen molar-refractivity contribution in [2.45, 2.75) is 6.92 Å². The Morgan fingerprint density at radius 3 is 2.42 bits per heavy atom. The summed E-state index contributed by atoms with van der Waals surface area (Å²) in [6, 6.07) is 14.4. The van der Waals surface area contributed by atoms with Crippen molar-refractivity contribution < 1.29 is 19.4 Å². The maximum atomic E-state index is 13.2. The van der Waals surface area contributed by atoms with Gasteiger partial charge >= 0.3 is 0 Å². The molecule has 0 saturated heterocycles.